The highest BCUT2D eigenvalue weighted by atomic mass is 79.9. The number of hydrogen-bond donors (Lipinski definition) is 1. The van der Waals surface area contributed by atoms with E-state index in [1.54, 1.807) is 29.3 Å². The zero-order valence-electron chi connectivity index (χ0n) is 11.1. The average molecular weight is 335 g/mol. The molecule has 0 saturated carbocycles. The number of halogens is 1. The molecule has 1 unspecified atom stereocenters. The van der Waals surface area contributed by atoms with Gasteiger partial charge >= 0.3 is 0 Å². The summed E-state index contributed by atoms with van der Waals surface area (Å²) in [6.45, 7) is 2.95. The summed E-state index contributed by atoms with van der Waals surface area (Å²) in [5.41, 5.74) is 9.25. The lowest BCUT2D eigenvalue weighted by molar-refractivity contribution is 0.559. The van der Waals surface area contributed by atoms with Crippen LogP contribution in [0.5, 0.6) is 0 Å². The van der Waals surface area contributed by atoms with Gasteiger partial charge in [-0.15, -0.1) is 0 Å². The van der Waals surface area contributed by atoms with Gasteiger partial charge < -0.3 is 5.73 Å². The van der Waals surface area contributed by atoms with Crippen LogP contribution in [0.25, 0.3) is 5.52 Å². The fourth-order valence-corrected chi connectivity index (χ4v) is 2.85. The molecule has 7 heteroatoms. The first kappa shape index (κ1) is 13.3. The minimum atomic E-state index is -0.292. The van der Waals surface area contributed by atoms with E-state index in [1.165, 1.54) is 0 Å². The molecule has 0 bridgehead atoms. The van der Waals surface area contributed by atoms with Crippen molar-refractivity contribution in [1.82, 2.24) is 24.4 Å². The summed E-state index contributed by atoms with van der Waals surface area (Å²) >= 11 is 3.53. The zero-order valence-corrected chi connectivity index (χ0v) is 12.7. The summed E-state index contributed by atoms with van der Waals surface area (Å²) in [5, 5.41) is 8.67. The second-order valence-corrected chi connectivity index (χ2v) is 5.44. The van der Waals surface area contributed by atoms with Gasteiger partial charge in [0, 0.05) is 24.5 Å². The Morgan fingerprint density at radius 2 is 2.15 bits per heavy atom. The molecule has 0 amide bonds. The molecule has 2 N–H and O–H groups in total. The maximum Gasteiger partial charge on any atom is 0.0896 e. The van der Waals surface area contributed by atoms with Crippen molar-refractivity contribution in [2.75, 3.05) is 0 Å². The second kappa shape index (κ2) is 5.34. The first-order valence-electron chi connectivity index (χ1n) is 6.46. The summed E-state index contributed by atoms with van der Waals surface area (Å²) in [6, 6.07) is -0.292. The van der Waals surface area contributed by atoms with Crippen molar-refractivity contribution in [1.29, 1.82) is 0 Å². The molecule has 0 radical (unpaired) electrons. The largest absolute Gasteiger partial charge is 0.319 e. The maximum absolute atomic E-state index is 6.43. The number of aryl methyl sites for hydroxylation is 1. The number of hydrogen-bond acceptors (Lipinski definition) is 4. The third-order valence-electron chi connectivity index (χ3n) is 3.25. The lowest BCUT2D eigenvalue weighted by Gasteiger charge is -2.14. The zero-order chi connectivity index (χ0) is 14.1. The van der Waals surface area contributed by atoms with E-state index in [4.69, 9.17) is 5.73 Å². The highest BCUT2D eigenvalue weighted by Crippen LogP contribution is 2.28. The molecule has 6 nitrogen and oxygen atoms in total. The van der Waals surface area contributed by atoms with Gasteiger partial charge in [0.2, 0.25) is 0 Å². The Labute approximate surface area is 124 Å². The third kappa shape index (κ3) is 2.12. The molecular formula is C13H15BrN6. The molecule has 3 aromatic heterocycles. The van der Waals surface area contributed by atoms with Crippen molar-refractivity contribution in [3.8, 4) is 0 Å². The Kier molecular flexibility index (Phi) is 3.54. The molecule has 1 atom stereocenters. The van der Waals surface area contributed by atoms with Gasteiger partial charge in [0.1, 0.15) is 0 Å². The smallest absolute Gasteiger partial charge is 0.0896 e. The van der Waals surface area contributed by atoms with Crippen LogP contribution in [0.3, 0.4) is 0 Å². The summed E-state index contributed by atoms with van der Waals surface area (Å²) in [6.07, 6.45) is 9.86. The molecule has 0 aliphatic rings. The molecule has 0 saturated heterocycles. The number of nitrogens with two attached hydrogens (primary N) is 1. The number of rotatable bonds is 4. The first-order valence-corrected chi connectivity index (χ1v) is 7.25. The number of aromatic nitrogens is 5. The molecular weight excluding hydrogens is 320 g/mol. The quantitative estimate of drug-likeness (QED) is 0.793. The van der Waals surface area contributed by atoms with Gasteiger partial charge in [-0.3, -0.25) is 9.67 Å². The highest BCUT2D eigenvalue weighted by molar-refractivity contribution is 9.10. The van der Waals surface area contributed by atoms with E-state index in [1.807, 2.05) is 10.9 Å². The van der Waals surface area contributed by atoms with Crippen molar-refractivity contribution in [2.24, 2.45) is 5.73 Å². The fourth-order valence-electron chi connectivity index (χ4n) is 2.31. The Morgan fingerprint density at radius 1 is 1.30 bits per heavy atom. The molecule has 0 aliphatic carbocycles. The van der Waals surface area contributed by atoms with Crippen LogP contribution in [-0.2, 0) is 6.54 Å². The lowest BCUT2D eigenvalue weighted by atomic mass is 10.1. The minimum Gasteiger partial charge on any atom is -0.319 e. The SMILES string of the molecule is CCCn1ncc(Br)c1C(N)c1cnn2ccncc12. The van der Waals surface area contributed by atoms with E-state index < -0.39 is 0 Å². The molecule has 3 rings (SSSR count). The monoisotopic (exact) mass is 334 g/mol. The van der Waals surface area contributed by atoms with Crippen LogP contribution in [0.2, 0.25) is 0 Å². The van der Waals surface area contributed by atoms with Gasteiger partial charge in [-0.05, 0) is 22.4 Å². The molecule has 3 aromatic rings. The van der Waals surface area contributed by atoms with E-state index in [2.05, 4.69) is 38.0 Å². The summed E-state index contributed by atoms with van der Waals surface area (Å²) in [4.78, 5) is 4.14. The van der Waals surface area contributed by atoms with Crippen molar-refractivity contribution < 1.29 is 0 Å². The highest BCUT2D eigenvalue weighted by Gasteiger charge is 2.21. The average Bonchev–Trinajstić information content (AvgIpc) is 3.03. The van der Waals surface area contributed by atoms with Crippen LogP contribution in [0, 0.1) is 0 Å². The van der Waals surface area contributed by atoms with Gasteiger partial charge in [0.15, 0.2) is 0 Å². The predicted octanol–water partition coefficient (Wildman–Crippen LogP) is 2.15. The van der Waals surface area contributed by atoms with E-state index in [9.17, 15) is 0 Å². The topological polar surface area (TPSA) is 74.0 Å². The van der Waals surface area contributed by atoms with Crippen molar-refractivity contribution in [2.45, 2.75) is 25.9 Å². The molecule has 20 heavy (non-hydrogen) atoms. The third-order valence-corrected chi connectivity index (χ3v) is 3.86. The van der Waals surface area contributed by atoms with Crippen molar-refractivity contribution >= 4 is 21.4 Å². The van der Waals surface area contributed by atoms with Crippen molar-refractivity contribution in [3.05, 3.63) is 46.7 Å². The van der Waals surface area contributed by atoms with Gasteiger partial charge in [0.05, 0.1) is 40.3 Å². The standard InChI is InChI=1S/C13H15BrN6/c1-2-4-20-13(10(14)7-18-20)12(15)9-6-17-19-5-3-16-8-11(9)19/h3,5-8,12H,2,4,15H2,1H3. The van der Waals surface area contributed by atoms with Gasteiger partial charge in [-0.2, -0.15) is 10.2 Å². The molecule has 0 spiro atoms. The van der Waals surface area contributed by atoms with Gasteiger partial charge in [0.25, 0.3) is 0 Å². The summed E-state index contributed by atoms with van der Waals surface area (Å²) in [5.74, 6) is 0. The first-order chi connectivity index (χ1) is 9.72. The second-order valence-electron chi connectivity index (χ2n) is 4.58. The predicted molar refractivity (Wildman–Crippen MR) is 79.2 cm³/mol. The number of nitrogens with zero attached hydrogens (tertiary/aromatic N) is 5. The molecule has 104 valence electrons. The Hall–Kier alpha value is -1.73. The molecule has 3 heterocycles. The fraction of sp³-hybridized carbons (Fsp3) is 0.308. The van der Waals surface area contributed by atoms with E-state index in [0.717, 1.165) is 34.2 Å². The summed E-state index contributed by atoms with van der Waals surface area (Å²) < 4.78 is 4.63. The Bertz CT molecular complexity index is 731. The molecule has 0 aromatic carbocycles. The van der Waals surface area contributed by atoms with E-state index in [0.29, 0.717) is 0 Å². The van der Waals surface area contributed by atoms with Crippen LogP contribution in [0.1, 0.15) is 30.6 Å². The lowest BCUT2D eigenvalue weighted by Crippen LogP contribution is -2.18. The maximum atomic E-state index is 6.43. The van der Waals surface area contributed by atoms with Crippen LogP contribution in [-0.4, -0.2) is 24.4 Å². The van der Waals surface area contributed by atoms with Crippen LogP contribution >= 0.6 is 15.9 Å². The molecule has 0 fully saturated rings. The minimum absolute atomic E-state index is 0.292. The Morgan fingerprint density at radius 3 is 2.95 bits per heavy atom. The van der Waals surface area contributed by atoms with Crippen LogP contribution in [0.15, 0.2) is 35.5 Å². The van der Waals surface area contributed by atoms with Crippen LogP contribution < -0.4 is 5.73 Å². The molecule has 0 aliphatic heterocycles. The normalized spacial score (nSPS) is 12.9. The van der Waals surface area contributed by atoms with Crippen LogP contribution in [0.4, 0.5) is 0 Å². The number of fused-ring (bicyclic) bond motifs is 1. The summed E-state index contributed by atoms with van der Waals surface area (Å²) in [7, 11) is 0. The van der Waals surface area contributed by atoms with E-state index >= 15 is 0 Å². The van der Waals surface area contributed by atoms with Gasteiger partial charge in [-0.25, -0.2) is 4.52 Å². The van der Waals surface area contributed by atoms with E-state index in [-0.39, 0.29) is 6.04 Å². The Balaban J connectivity index is 2.08. The van der Waals surface area contributed by atoms with Gasteiger partial charge in [-0.1, -0.05) is 6.92 Å². The van der Waals surface area contributed by atoms with Crippen molar-refractivity contribution in [3.63, 3.8) is 0 Å².